The van der Waals surface area contributed by atoms with E-state index in [1.807, 2.05) is 27.7 Å². The van der Waals surface area contributed by atoms with E-state index in [0.29, 0.717) is 18.8 Å². The molecule has 1 amide bonds. The first kappa shape index (κ1) is 40.5. The van der Waals surface area contributed by atoms with Crippen molar-refractivity contribution >= 4 is 17.8 Å². The molecule has 0 fully saturated rings. The number of carbonyl (C=O) groups is 2. The van der Waals surface area contributed by atoms with Gasteiger partial charge in [-0.05, 0) is 63.9 Å². The lowest BCUT2D eigenvalue weighted by Crippen LogP contribution is -2.31. The number of carbonyl (C=O) groups excluding carboxylic acids is 2. The molecule has 0 saturated heterocycles. The summed E-state index contributed by atoms with van der Waals surface area (Å²) < 4.78 is 69.4. The van der Waals surface area contributed by atoms with Crippen LogP contribution in [0.5, 0.6) is 0 Å². The number of halogens is 5. The Bertz CT molecular complexity index is 1180. The van der Waals surface area contributed by atoms with Crippen LogP contribution in [0.15, 0.2) is 35.5 Å². The fourth-order valence-corrected chi connectivity index (χ4v) is 3.13. The van der Waals surface area contributed by atoms with Crippen LogP contribution in [0, 0.1) is 34.5 Å². The maximum absolute atomic E-state index is 13.1. The zero-order valence-electron chi connectivity index (χ0n) is 27.3. The molecule has 2 rings (SSSR count). The first-order chi connectivity index (χ1) is 20.6. The average molecular weight is 631 g/mol. The quantitative estimate of drug-likeness (QED) is 0.0392. The second kappa shape index (κ2) is 20.5. The van der Waals surface area contributed by atoms with Crippen molar-refractivity contribution in [1.82, 2.24) is 5.32 Å². The molecule has 0 bridgehead atoms. The van der Waals surface area contributed by atoms with Crippen LogP contribution in [0.4, 0.5) is 26.7 Å². The third kappa shape index (κ3) is 13.4. The molecule has 2 aromatic carbocycles. The SMILES string of the molecule is CC/C(C)=N\OC(=O)NCCOC(=O)C(C)(C)CC.CCC(C)c1c(F)c(F)c(F)c(F)c1F.CCC(C)c1ccccc1. The van der Waals surface area contributed by atoms with Gasteiger partial charge in [0.2, 0.25) is 5.82 Å². The minimum Gasteiger partial charge on any atom is -0.463 e. The molecule has 0 heterocycles. The molecule has 2 atom stereocenters. The lowest BCUT2D eigenvalue weighted by atomic mass is 9.91. The highest BCUT2D eigenvalue weighted by atomic mass is 19.2. The third-order valence-corrected chi connectivity index (χ3v) is 7.17. The summed E-state index contributed by atoms with van der Waals surface area (Å²) >= 11 is 0. The van der Waals surface area contributed by atoms with E-state index in [-0.39, 0.29) is 19.1 Å². The van der Waals surface area contributed by atoms with Crippen LogP contribution in [-0.2, 0) is 14.4 Å². The van der Waals surface area contributed by atoms with Crippen molar-refractivity contribution in [2.75, 3.05) is 13.2 Å². The maximum atomic E-state index is 13.1. The van der Waals surface area contributed by atoms with E-state index in [1.165, 1.54) is 18.9 Å². The lowest BCUT2D eigenvalue weighted by molar-refractivity contribution is -0.153. The van der Waals surface area contributed by atoms with Gasteiger partial charge in [0.1, 0.15) is 6.61 Å². The number of amides is 1. The number of hydrogen-bond acceptors (Lipinski definition) is 5. The van der Waals surface area contributed by atoms with Crippen LogP contribution in [-0.4, -0.2) is 30.9 Å². The molecule has 248 valence electrons. The fraction of sp³-hybridized carbons (Fsp3) is 0.545. The Morgan fingerprint density at radius 1 is 0.841 bits per heavy atom. The topological polar surface area (TPSA) is 77.0 Å². The van der Waals surface area contributed by atoms with Crippen molar-refractivity contribution in [3.8, 4) is 0 Å². The molecule has 0 radical (unpaired) electrons. The van der Waals surface area contributed by atoms with Crippen LogP contribution < -0.4 is 5.32 Å². The van der Waals surface area contributed by atoms with Gasteiger partial charge in [0, 0.05) is 5.56 Å². The van der Waals surface area contributed by atoms with Gasteiger partial charge in [-0.3, -0.25) is 9.63 Å². The largest absolute Gasteiger partial charge is 0.463 e. The van der Waals surface area contributed by atoms with Crippen LogP contribution in [0.2, 0.25) is 0 Å². The summed E-state index contributed by atoms with van der Waals surface area (Å²) in [6.45, 7) is 17.0. The molecule has 0 saturated carbocycles. The predicted octanol–water partition coefficient (Wildman–Crippen LogP) is 9.57. The first-order valence-corrected chi connectivity index (χ1v) is 14.8. The molecule has 1 N–H and O–H groups in total. The molecule has 0 spiro atoms. The minimum atomic E-state index is -2.11. The van der Waals surface area contributed by atoms with Crippen LogP contribution in [0.25, 0.3) is 0 Å². The molecular formula is C33H47F5N2O4. The summed E-state index contributed by atoms with van der Waals surface area (Å²) in [5.41, 5.74) is 0.938. The van der Waals surface area contributed by atoms with Crippen LogP contribution in [0.1, 0.15) is 111 Å². The van der Waals surface area contributed by atoms with Gasteiger partial charge in [-0.15, -0.1) is 0 Å². The molecule has 0 aromatic heterocycles. The summed E-state index contributed by atoms with van der Waals surface area (Å²) in [5.74, 6) is -9.63. The van der Waals surface area contributed by atoms with Gasteiger partial charge in [0.05, 0.1) is 17.7 Å². The van der Waals surface area contributed by atoms with Crippen molar-refractivity contribution in [1.29, 1.82) is 0 Å². The van der Waals surface area contributed by atoms with E-state index >= 15 is 0 Å². The number of esters is 1. The lowest BCUT2D eigenvalue weighted by Gasteiger charge is -2.20. The smallest absolute Gasteiger partial charge is 0.433 e. The number of oxime groups is 1. The standard InChI is InChI=1S/C13H24N2O4.C10H9F5.C10H14/c1-6-10(3)15-19-12(17)14-8-9-18-11(16)13(4,5)7-2;1-3-4(2)5-6(11)8(13)10(15)9(14)7(5)12;1-3-9(2)10-7-5-4-6-8-10/h6-9H2,1-5H3,(H,14,17);4H,3H2,1-2H3;4-9H,3H2,1-2H3/b15-10-;;. The Morgan fingerprint density at radius 2 is 1.34 bits per heavy atom. The summed E-state index contributed by atoms with van der Waals surface area (Å²) in [7, 11) is 0. The van der Waals surface area contributed by atoms with Crippen molar-refractivity contribution in [2.45, 2.75) is 99.8 Å². The van der Waals surface area contributed by atoms with Gasteiger partial charge in [0.25, 0.3) is 0 Å². The van der Waals surface area contributed by atoms with E-state index in [0.717, 1.165) is 12.1 Å². The van der Waals surface area contributed by atoms with Crippen LogP contribution >= 0.6 is 0 Å². The third-order valence-electron chi connectivity index (χ3n) is 7.17. The Balaban J connectivity index is 0.000000658. The van der Waals surface area contributed by atoms with Gasteiger partial charge in [-0.25, -0.2) is 26.7 Å². The minimum absolute atomic E-state index is 0.119. The number of nitrogens with one attached hydrogen (secondary N) is 1. The van der Waals surface area contributed by atoms with Crippen molar-refractivity contribution in [3.05, 3.63) is 70.5 Å². The second-order valence-corrected chi connectivity index (χ2v) is 10.9. The Kier molecular flexibility index (Phi) is 18.8. The monoisotopic (exact) mass is 630 g/mol. The Morgan fingerprint density at radius 3 is 1.80 bits per heavy atom. The molecule has 11 heteroatoms. The van der Waals surface area contributed by atoms with Crippen molar-refractivity contribution in [3.63, 3.8) is 0 Å². The number of rotatable bonds is 11. The van der Waals surface area contributed by atoms with Crippen molar-refractivity contribution < 1.29 is 41.1 Å². The number of ether oxygens (including phenoxy) is 1. The predicted molar refractivity (Wildman–Crippen MR) is 163 cm³/mol. The average Bonchev–Trinajstić information content (AvgIpc) is 3.03. The molecule has 2 aromatic rings. The second-order valence-electron chi connectivity index (χ2n) is 10.9. The van der Waals surface area contributed by atoms with E-state index < -0.39 is 52.1 Å². The summed E-state index contributed by atoms with van der Waals surface area (Å²) in [6.07, 6.45) is 2.28. The highest BCUT2D eigenvalue weighted by Gasteiger charge is 2.28. The highest BCUT2D eigenvalue weighted by molar-refractivity contribution is 5.81. The Labute approximate surface area is 258 Å². The van der Waals surface area contributed by atoms with E-state index in [9.17, 15) is 31.5 Å². The molecule has 44 heavy (non-hydrogen) atoms. The first-order valence-electron chi connectivity index (χ1n) is 14.8. The molecule has 0 aliphatic heterocycles. The zero-order valence-corrected chi connectivity index (χ0v) is 27.3. The normalized spacial score (nSPS) is 12.5. The summed E-state index contributed by atoms with van der Waals surface area (Å²) in [4.78, 5) is 27.4. The molecule has 2 unspecified atom stereocenters. The van der Waals surface area contributed by atoms with E-state index in [1.54, 1.807) is 13.8 Å². The summed E-state index contributed by atoms with van der Waals surface area (Å²) in [5, 5.41) is 6.05. The van der Waals surface area contributed by atoms with Gasteiger partial charge < -0.3 is 10.1 Å². The molecule has 0 aliphatic rings. The fourth-order valence-electron chi connectivity index (χ4n) is 3.13. The number of benzene rings is 2. The van der Waals surface area contributed by atoms with Gasteiger partial charge in [0.15, 0.2) is 23.3 Å². The molecular weight excluding hydrogens is 583 g/mol. The highest BCUT2D eigenvalue weighted by Crippen LogP contribution is 2.30. The number of hydrogen-bond donors (Lipinski definition) is 1. The van der Waals surface area contributed by atoms with Gasteiger partial charge in [-0.2, -0.15) is 0 Å². The molecule has 0 aliphatic carbocycles. The van der Waals surface area contributed by atoms with Crippen LogP contribution in [0.3, 0.4) is 0 Å². The van der Waals surface area contributed by atoms with E-state index in [2.05, 4.69) is 59.5 Å². The summed E-state index contributed by atoms with van der Waals surface area (Å²) in [6, 6.07) is 10.6. The van der Waals surface area contributed by atoms with Crippen molar-refractivity contribution in [2.24, 2.45) is 10.6 Å². The van der Waals surface area contributed by atoms with Gasteiger partial charge >= 0.3 is 12.1 Å². The Hall–Kier alpha value is -3.50. The van der Waals surface area contributed by atoms with E-state index in [4.69, 9.17) is 4.74 Å². The zero-order chi connectivity index (χ0) is 34.0. The van der Waals surface area contributed by atoms with Gasteiger partial charge in [-0.1, -0.05) is 77.0 Å². The molecule has 6 nitrogen and oxygen atoms in total. The maximum Gasteiger partial charge on any atom is 0.433 e. The number of nitrogens with zero attached hydrogens (tertiary/aromatic N) is 1.